The average molecular weight is 360 g/mol. The van der Waals surface area contributed by atoms with Crippen LogP contribution in [-0.2, 0) is 0 Å². The summed E-state index contributed by atoms with van der Waals surface area (Å²) in [5, 5.41) is 9.92. The number of anilines is 2. The van der Waals surface area contributed by atoms with E-state index in [9.17, 15) is 0 Å². The second-order valence-electron chi connectivity index (χ2n) is 4.29. The molecule has 100 valence electrons. The Bertz CT molecular complexity index is 551. The van der Waals surface area contributed by atoms with E-state index < -0.39 is 0 Å². The molecule has 2 aromatic rings. The summed E-state index contributed by atoms with van der Waals surface area (Å²) in [5.74, 6) is 0. The molecule has 7 heteroatoms. The van der Waals surface area contributed by atoms with Gasteiger partial charge in [-0.25, -0.2) is 0 Å². The Balaban J connectivity index is 1.64. The molecule has 0 N–H and O–H groups in total. The fourth-order valence-electron chi connectivity index (χ4n) is 2.13. The first-order chi connectivity index (χ1) is 9.22. The molecule has 2 heterocycles. The van der Waals surface area contributed by atoms with Crippen LogP contribution in [0.3, 0.4) is 0 Å². The van der Waals surface area contributed by atoms with Crippen molar-refractivity contribution >= 4 is 49.7 Å². The fourth-order valence-corrected chi connectivity index (χ4v) is 3.40. The highest BCUT2D eigenvalue weighted by atomic mass is 79.9. The molecule has 1 saturated heterocycles. The van der Waals surface area contributed by atoms with Crippen LogP contribution in [0, 0.1) is 0 Å². The zero-order chi connectivity index (χ0) is 13.2. The third-order valence-electron chi connectivity index (χ3n) is 3.13. The Hall–Kier alpha value is -0.850. The normalized spacial score (nSPS) is 15.9. The van der Waals surface area contributed by atoms with Crippen molar-refractivity contribution in [3.05, 3.63) is 33.2 Å². The van der Waals surface area contributed by atoms with Crippen molar-refractivity contribution in [1.29, 1.82) is 0 Å². The largest absolute Gasteiger partial charge is 0.368 e. The molecule has 0 amide bonds. The fraction of sp³-hybridized carbons (Fsp3) is 0.333. The minimum absolute atomic E-state index is 0.779. The summed E-state index contributed by atoms with van der Waals surface area (Å²) in [6, 6.07) is 8.01. The Morgan fingerprint density at radius 2 is 1.63 bits per heavy atom. The van der Waals surface area contributed by atoms with Gasteiger partial charge in [0, 0.05) is 36.9 Å². The number of hydrogen-bond donors (Lipinski definition) is 0. The minimum atomic E-state index is 0.779. The molecule has 1 aliphatic heterocycles. The van der Waals surface area contributed by atoms with Crippen molar-refractivity contribution in [3.63, 3.8) is 0 Å². The summed E-state index contributed by atoms with van der Waals surface area (Å²) < 4.78 is 0.836. The van der Waals surface area contributed by atoms with E-state index in [4.69, 9.17) is 11.6 Å². The van der Waals surface area contributed by atoms with Gasteiger partial charge in [-0.1, -0.05) is 22.9 Å². The third-order valence-corrected chi connectivity index (χ3v) is 4.80. The number of piperazine rings is 1. The number of hydrogen-bond acceptors (Lipinski definition) is 5. The molecule has 3 rings (SSSR count). The van der Waals surface area contributed by atoms with Crippen LogP contribution in [0.1, 0.15) is 0 Å². The van der Waals surface area contributed by atoms with Gasteiger partial charge in [0.05, 0.1) is 0 Å². The van der Waals surface area contributed by atoms with Gasteiger partial charge in [-0.05, 0) is 40.2 Å². The van der Waals surface area contributed by atoms with Crippen LogP contribution in [0.25, 0.3) is 0 Å². The highest BCUT2D eigenvalue weighted by molar-refractivity contribution is 9.11. The van der Waals surface area contributed by atoms with Gasteiger partial charge in [-0.15, -0.1) is 10.2 Å². The van der Waals surface area contributed by atoms with Crippen LogP contribution in [0.5, 0.6) is 0 Å². The Labute approximate surface area is 129 Å². The van der Waals surface area contributed by atoms with Gasteiger partial charge in [-0.3, -0.25) is 0 Å². The second kappa shape index (κ2) is 5.64. The zero-order valence-corrected chi connectivity index (χ0v) is 13.2. The van der Waals surface area contributed by atoms with E-state index in [2.05, 4.69) is 48.1 Å². The van der Waals surface area contributed by atoms with E-state index in [0.717, 1.165) is 40.3 Å². The number of aromatic nitrogens is 2. The van der Waals surface area contributed by atoms with Crippen molar-refractivity contribution in [2.45, 2.75) is 0 Å². The standard InChI is InChI=1S/C12H12BrClN4S/c13-11-15-16-12(19-11)18-7-5-17(6-8-18)10-3-1-9(14)2-4-10/h1-4H,5-8H2. The van der Waals surface area contributed by atoms with E-state index >= 15 is 0 Å². The highest BCUT2D eigenvalue weighted by Gasteiger charge is 2.19. The maximum absolute atomic E-state index is 5.91. The van der Waals surface area contributed by atoms with Crippen molar-refractivity contribution in [1.82, 2.24) is 10.2 Å². The maximum atomic E-state index is 5.91. The molecule has 0 saturated carbocycles. The van der Waals surface area contributed by atoms with E-state index in [1.54, 1.807) is 11.3 Å². The van der Waals surface area contributed by atoms with E-state index in [1.165, 1.54) is 5.69 Å². The van der Waals surface area contributed by atoms with Crippen LogP contribution in [0.4, 0.5) is 10.8 Å². The molecule has 0 atom stereocenters. The topological polar surface area (TPSA) is 32.3 Å². The number of benzene rings is 1. The first kappa shape index (κ1) is 13.1. The first-order valence-corrected chi connectivity index (χ1v) is 7.95. The van der Waals surface area contributed by atoms with E-state index in [0.29, 0.717) is 0 Å². The lowest BCUT2D eigenvalue weighted by Gasteiger charge is -2.35. The Morgan fingerprint density at radius 3 is 2.21 bits per heavy atom. The average Bonchev–Trinajstić information content (AvgIpc) is 2.87. The highest BCUT2D eigenvalue weighted by Crippen LogP contribution is 2.26. The molecule has 0 spiro atoms. The molecule has 19 heavy (non-hydrogen) atoms. The first-order valence-electron chi connectivity index (χ1n) is 5.97. The molecule has 0 aliphatic carbocycles. The summed E-state index contributed by atoms with van der Waals surface area (Å²) in [4.78, 5) is 4.64. The summed E-state index contributed by atoms with van der Waals surface area (Å²) in [6.07, 6.45) is 0. The third kappa shape index (κ3) is 3.01. The van der Waals surface area contributed by atoms with Gasteiger partial charge in [0.25, 0.3) is 0 Å². The number of nitrogens with zero attached hydrogens (tertiary/aromatic N) is 4. The Kier molecular flexibility index (Phi) is 3.91. The molecular formula is C12H12BrClN4S. The van der Waals surface area contributed by atoms with Crippen LogP contribution in [0.15, 0.2) is 28.2 Å². The van der Waals surface area contributed by atoms with Gasteiger partial charge in [0.15, 0.2) is 3.92 Å². The Morgan fingerprint density at radius 1 is 1.00 bits per heavy atom. The number of halogens is 2. The van der Waals surface area contributed by atoms with E-state index in [1.807, 2.05) is 12.1 Å². The van der Waals surface area contributed by atoms with Gasteiger partial charge in [0.1, 0.15) is 0 Å². The summed E-state index contributed by atoms with van der Waals surface area (Å²) in [6.45, 7) is 3.90. The molecule has 1 aromatic carbocycles. The molecule has 1 aromatic heterocycles. The zero-order valence-electron chi connectivity index (χ0n) is 10.1. The lowest BCUT2D eigenvalue weighted by atomic mass is 10.2. The van der Waals surface area contributed by atoms with Gasteiger partial charge in [0.2, 0.25) is 5.13 Å². The number of rotatable bonds is 2. The molecule has 1 fully saturated rings. The summed E-state index contributed by atoms with van der Waals surface area (Å²) in [5.41, 5.74) is 1.22. The lowest BCUT2D eigenvalue weighted by molar-refractivity contribution is 0.649. The molecular weight excluding hydrogens is 348 g/mol. The molecule has 4 nitrogen and oxygen atoms in total. The van der Waals surface area contributed by atoms with Crippen LogP contribution in [-0.4, -0.2) is 36.4 Å². The summed E-state index contributed by atoms with van der Waals surface area (Å²) >= 11 is 10.8. The van der Waals surface area contributed by atoms with Crippen LogP contribution in [0.2, 0.25) is 5.02 Å². The van der Waals surface area contributed by atoms with Gasteiger partial charge in [-0.2, -0.15) is 0 Å². The molecule has 0 radical (unpaired) electrons. The van der Waals surface area contributed by atoms with Crippen molar-refractivity contribution in [3.8, 4) is 0 Å². The predicted molar refractivity (Wildman–Crippen MR) is 83.5 cm³/mol. The van der Waals surface area contributed by atoms with Gasteiger partial charge < -0.3 is 9.80 Å². The maximum Gasteiger partial charge on any atom is 0.209 e. The van der Waals surface area contributed by atoms with E-state index in [-0.39, 0.29) is 0 Å². The SMILES string of the molecule is Clc1ccc(N2CCN(c3nnc(Br)s3)CC2)cc1. The predicted octanol–water partition coefficient (Wildman–Crippen LogP) is 3.28. The van der Waals surface area contributed by atoms with Crippen molar-refractivity contribution in [2.24, 2.45) is 0 Å². The second-order valence-corrected chi connectivity index (χ2v) is 6.96. The lowest BCUT2D eigenvalue weighted by Crippen LogP contribution is -2.46. The summed E-state index contributed by atoms with van der Waals surface area (Å²) in [7, 11) is 0. The quantitative estimate of drug-likeness (QED) is 0.824. The van der Waals surface area contributed by atoms with Gasteiger partial charge >= 0.3 is 0 Å². The monoisotopic (exact) mass is 358 g/mol. The minimum Gasteiger partial charge on any atom is -0.368 e. The van der Waals surface area contributed by atoms with Crippen LogP contribution < -0.4 is 9.80 Å². The van der Waals surface area contributed by atoms with Crippen LogP contribution >= 0.6 is 38.9 Å². The molecule has 0 bridgehead atoms. The molecule has 1 aliphatic rings. The molecule has 0 unspecified atom stereocenters. The van der Waals surface area contributed by atoms with Crippen molar-refractivity contribution < 1.29 is 0 Å². The van der Waals surface area contributed by atoms with Crippen molar-refractivity contribution in [2.75, 3.05) is 36.0 Å². The smallest absolute Gasteiger partial charge is 0.209 e.